The lowest BCUT2D eigenvalue weighted by Gasteiger charge is -2.11. The fourth-order valence-electron chi connectivity index (χ4n) is 3.41. The zero-order valence-electron chi connectivity index (χ0n) is 17.2. The van der Waals surface area contributed by atoms with Crippen molar-refractivity contribution in [3.05, 3.63) is 77.3 Å². The first-order chi connectivity index (χ1) is 15.5. The molecule has 1 aromatic heterocycles. The highest BCUT2D eigenvalue weighted by Crippen LogP contribution is 2.36. The fraction of sp³-hybridized carbons (Fsp3) is 0.125. The van der Waals surface area contributed by atoms with Crippen LogP contribution in [-0.2, 0) is 11.8 Å². The summed E-state index contributed by atoms with van der Waals surface area (Å²) in [6.45, 7) is -0.559. The number of aliphatic hydroxyl groups is 1. The average molecular weight is 449 g/mol. The summed E-state index contributed by atoms with van der Waals surface area (Å²) in [7, 11) is 1.82. The summed E-state index contributed by atoms with van der Waals surface area (Å²) in [5, 5.41) is 27.5. The van der Waals surface area contributed by atoms with E-state index in [4.69, 9.17) is 21.8 Å². The van der Waals surface area contributed by atoms with Crippen LogP contribution in [0.15, 0.2) is 71.7 Å². The van der Waals surface area contributed by atoms with Gasteiger partial charge in [-0.05, 0) is 29.3 Å². The Morgan fingerprint density at radius 3 is 2.69 bits per heavy atom. The van der Waals surface area contributed by atoms with Crippen molar-refractivity contribution < 1.29 is 15.0 Å². The number of carboxylic acid groups (broad SMARTS) is 1. The first-order valence-electron chi connectivity index (χ1n) is 9.92. The molecule has 4 rings (SSSR count). The zero-order valence-corrected chi connectivity index (χ0v) is 18.0. The number of halogens is 1. The second-order valence-electron chi connectivity index (χ2n) is 7.22. The minimum atomic E-state index is -1.19. The number of carbonyl (C=O) groups is 1. The van der Waals surface area contributed by atoms with Crippen LogP contribution >= 0.6 is 11.6 Å². The quantitative estimate of drug-likeness (QED) is 0.361. The molecule has 0 fully saturated rings. The Labute approximate surface area is 189 Å². The van der Waals surface area contributed by atoms with Gasteiger partial charge in [-0.2, -0.15) is 5.10 Å². The summed E-state index contributed by atoms with van der Waals surface area (Å²) in [5.41, 5.74) is 4.23. The maximum absolute atomic E-state index is 11.0. The van der Waals surface area contributed by atoms with E-state index in [1.807, 2.05) is 73.8 Å². The highest BCUT2D eigenvalue weighted by Gasteiger charge is 2.15. The first kappa shape index (κ1) is 21.5. The van der Waals surface area contributed by atoms with E-state index in [2.05, 4.69) is 15.4 Å². The van der Waals surface area contributed by atoms with Gasteiger partial charge in [0, 0.05) is 24.2 Å². The predicted octanol–water partition coefficient (Wildman–Crippen LogP) is 4.50. The van der Waals surface area contributed by atoms with Crippen molar-refractivity contribution in [2.24, 2.45) is 12.0 Å². The normalized spacial score (nSPS) is 12.3. The van der Waals surface area contributed by atoms with Gasteiger partial charge in [0.1, 0.15) is 0 Å². The van der Waals surface area contributed by atoms with Crippen LogP contribution < -0.4 is 5.32 Å². The molecule has 7 nitrogen and oxygen atoms in total. The number of hydrogen-bond donors (Lipinski definition) is 3. The number of hydrogen-bond acceptors (Lipinski definition) is 5. The number of aliphatic imine (C=N–C) groups is 1. The number of aliphatic carboxylic acids is 1. The van der Waals surface area contributed by atoms with E-state index in [1.54, 1.807) is 4.68 Å². The van der Waals surface area contributed by atoms with Gasteiger partial charge in [-0.3, -0.25) is 9.67 Å². The number of aliphatic hydroxyl groups excluding tert-OH is 1. The Balaban J connectivity index is 1.65. The summed E-state index contributed by atoms with van der Waals surface area (Å²) < 4.78 is 1.73. The van der Waals surface area contributed by atoms with Crippen molar-refractivity contribution in [1.82, 2.24) is 9.78 Å². The van der Waals surface area contributed by atoms with Crippen molar-refractivity contribution in [1.29, 1.82) is 0 Å². The molecule has 0 unspecified atom stereocenters. The molecule has 8 heteroatoms. The van der Waals surface area contributed by atoms with Gasteiger partial charge in [-0.15, -0.1) is 0 Å². The number of anilines is 2. The van der Waals surface area contributed by atoms with E-state index in [9.17, 15) is 4.79 Å². The Kier molecular flexibility index (Phi) is 6.20. The Morgan fingerprint density at radius 2 is 1.97 bits per heavy atom. The molecule has 3 N–H and O–H groups in total. The summed E-state index contributed by atoms with van der Waals surface area (Å²) in [6.07, 6.45) is 1.44. The number of rotatable bonds is 7. The van der Waals surface area contributed by atoms with Crippen molar-refractivity contribution in [3.63, 3.8) is 0 Å². The molecule has 0 radical (unpaired) electrons. The lowest BCUT2D eigenvalue weighted by Crippen LogP contribution is -2.22. The van der Waals surface area contributed by atoms with Gasteiger partial charge in [-0.25, -0.2) is 4.79 Å². The lowest BCUT2D eigenvalue weighted by atomic mass is 10.0. The summed E-state index contributed by atoms with van der Waals surface area (Å²) in [4.78, 5) is 15.0. The van der Waals surface area contributed by atoms with E-state index >= 15 is 0 Å². The largest absolute Gasteiger partial charge is 0.480 e. The molecule has 4 aromatic rings. The Hall–Kier alpha value is -3.68. The second-order valence-corrected chi connectivity index (χ2v) is 7.60. The van der Waals surface area contributed by atoms with Crippen LogP contribution in [0.4, 0.5) is 11.5 Å². The van der Waals surface area contributed by atoms with Crippen LogP contribution in [0.5, 0.6) is 0 Å². The Bertz CT molecular complexity index is 1300. The minimum absolute atomic E-state index is 0.559. The van der Waals surface area contributed by atoms with Gasteiger partial charge in [0.05, 0.1) is 22.8 Å². The molecule has 3 aromatic carbocycles. The van der Waals surface area contributed by atoms with E-state index in [-0.39, 0.29) is 0 Å². The predicted molar refractivity (Wildman–Crippen MR) is 127 cm³/mol. The van der Waals surface area contributed by atoms with E-state index < -0.39 is 18.6 Å². The van der Waals surface area contributed by atoms with Gasteiger partial charge < -0.3 is 15.5 Å². The van der Waals surface area contributed by atoms with Crippen LogP contribution in [0.2, 0.25) is 5.02 Å². The topological polar surface area (TPSA) is 99.7 Å². The van der Waals surface area contributed by atoms with Gasteiger partial charge >= 0.3 is 5.97 Å². The summed E-state index contributed by atoms with van der Waals surface area (Å²) >= 11 is 6.70. The van der Waals surface area contributed by atoms with E-state index in [1.165, 1.54) is 6.21 Å². The molecule has 162 valence electrons. The zero-order chi connectivity index (χ0) is 22.7. The number of nitrogens with one attached hydrogen (secondary N) is 1. The summed E-state index contributed by atoms with van der Waals surface area (Å²) in [5.74, 6) is -0.525. The third-order valence-electron chi connectivity index (χ3n) is 5.07. The first-order valence-corrected chi connectivity index (χ1v) is 10.3. The maximum Gasteiger partial charge on any atom is 0.330 e. The van der Waals surface area contributed by atoms with E-state index in [0.717, 1.165) is 27.7 Å². The molecule has 0 bridgehead atoms. The SMILES string of the molecule is Cn1nc(Nc2cccc(-c3ccccc3)c2Cl)c2ccc(C=N[C@@H](CO)C(=O)O)cc21. The van der Waals surface area contributed by atoms with Crippen LogP contribution in [0, 0.1) is 0 Å². The number of benzene rings is 3. The number of aromatic nitrogens is 2. The summed E-state index contributed by atoms with van der Waals surface area (Å²) in [6, 6.07) is 20.1. The van der Waals surface area contributed by atoms with Gasteiger partial charge in [0.15, 0.2) is 11.9 Å². The van der Waals surface area contributed by atoms with Gasteiger partial charge in [0.25, 0.3) is 0 Å². The molecule has 1 atom stereocenters. The van der Waals surface area contributed by atoms with Crippen molar-refractivity contribution >= 4 is 46.2 Å². The van der Waals surface area contributed by atoms with Crippen LogP contribution in [0.3, 0.4) is 0 Å². The van der Waals surface area contributed by atoms with Crippen LogP contribution in [-0.4, -0.2) is 44.8 Å². The molecular weight excluding hydrogens is 428 g/mol. The molecule has 1 heterocycles. The molecule has 0 amide bonds. The molecule has 0 aliphatic carbocycles. The average Bonchev–Trinajstić information content (AvgIpc) is 3.10. The second kappa shape index (κ2) is 9.21. The minimum Gasteiger partial charge on any atom is -0.480 e. The van der Waals surface area contributed by atoms with Crippen molar-refractivity contribution in [2.45, 2.75) is 6.04 Å². The molecule has 0 spiro atoms. The van der Waals surface area contributed by atoms with Crippen LogP contribution in [0.1, 0.15) is 5.56 Å². The molecule has 0 aliphatic heterocycles. The smallest absolute Gasteiger partial charge is 0.330 e. The molecule has 32 heavy (non-hydrogen) atoms. The molecule has 0 aliphatic rings. The number of carboxylic acids is 1. The number of nitrogens with zero attached hydrogens (tertiary/aromatic N) is 3. The lowest BCUT2D eigenvalue weighted by molar-refractivity contribution is -0.139. The number of aryl methyl sites for hydroxylation is 1. The highest BCUT2D eigenvalue weighted by atomic mass is 35.5. The van der Waals surface area contributed by atoms with Gasteiger partial charge in [0.2, 0.25) is 0 Å². The number of fused-ring (bicyclic) bond motifs is 1. The highest BCUT2D eigenvalue weighted by molar-refractivity contribution is 6.36. The molecular formula is C24H21ClN4O3. The van der Waals surface area contributed by atoms with Crippen molar-refractivity contribution in [2.75, 3.05) is 11.9 Å². The molecule has 0 saturated carbocycles. The maximum atomic E-state index is 11.0. The van der Waals surface area contributed by atoms with Gasteiger partial charge in [-0.1, -0.05) is 60.1 Å². The van der Waals surface area contributed by atoms with Crippen LogP contribution in [0.25, 0.3) is 22.0 Å². The fourth-order valence-corrected chi connectivity index (χ4v) is 3.69. The van der Waals surface area contributed by atoms with E-state index in [0.29, 0.717) is 16.4 Å². The Morgan fingerprint density at radius 1 is 1.19 bits per heavy atom. The third-order valence-corrected chi connectivity index (χ3v) is 5.48. The standard InChI is InChI=1S/C24H21ClN4O3/c1-29-21-12-15(13-26-20(14-30)24(31)32)10-11-18(21)23(28-29)27-19-9-5-8-17(22(19)25)16-6-3-2-4-7-16/h2-13,20,30H,14H2,1H3,(H,27,28)(H,31,32)/t20-/m0/s1. The monoisotopic (exact) mass is 448 g/mol. The molecule has 0 saturated heterocycles. The van der Waals surface area contributed by atoms with Crippen molar-refractivity contribution in [3.8, 4) is 11.1 Å². The third kappa shape index (κ3) is 4.34.